The molecule has 9 nitrogen and oxygen atoms in total. The maximum atomic E-state index is 12.6. The molecule has 0 bridgehead atoms. The van der Waals surface area contributed by atoms with E-state index in [1.54, 1.807) is 7.05 Å². The van der Waals surface area contributed by atoms with E-state index in [4.69, 9.17) is 4.74 Å². The second kappa shape index (κ2) is 10.0. The fourth-order valence-corrected chi connectivity index (χ4v) is 3.33. The highest BCUT2D eigenvalue weighted by Crippen LogP contribution is 2.18. The maximum absolute atomic E-state index is 12.6. The van der Waals surface area contributed by atoms with E-state index in [1.807, 2.05) is 37.3 Å². The Labute approximate surface area is 180 Å². The van der Waals surface area contributed by atoms with E-state index < -0.39 is 12.1 Å². The van der Waals surface area contributed by atoms with Crippen molar-refractivity contribution in [1.82, 2.24) is 24.6 Å². The standard InChI is InChI=1S/C22H27N5O4/c1-4-8-18(16-9-6-5-7-10-16)25-21(29)15(2)31-19(28)11-12-27-14-23-20-17(22(27)30)13-24-26(20)3/h5-7,9-10,13-15,18H,4,8,11-12H2,1-3H3,(H,25,29). The molecular formula is C22H27N5O4. The van der Waals surface area contributed by atoms with Crippen LogP contribution < -0.4 is 10.9 Å². The number of hydrogen-bond donors (Lipinski definition) is 1. The molecule has 1 amide bonds. The molecule has 2 atom stereocenters. The van der Waals surface area contributed by atoms with Crippen LogP contribution in [0, 0.1) is 0 Å². The summed E-state index contributed by atoms with van der Waals surface area (Å²) in [7, 11) is 1.70. The van der Waals surface area contributed by atoms with Gasteiger partial charge in [-0.2, -0.15) is 5.10 Å². The molecule has 1 N–H and O–H groups in total. The van der Waals surface area contributed by atoms with Crippen LogP contribution in [0.15, 0.2) is 47.7 Å². The van der Waals surface area contributed by atoms with Crippen LogP contribution in [0.3, 0.4) is 0 Å². The van der Waals surface area contributed by atoms with Crippen molar-refractivity contribution >= 4 is 22.9 Å². The molecule has 0 saturated carbocycles. The molecule has 3 rings (SSSR count). The summed E-state index contributed by atoms with van der Waals surface area (Å²) in [5, 5.41) is 7.35. The van der Waals surface area contributed by atoms with Crippen LogP contribution in [0.25, 0.3) is 11.0 Å². The number of ether oxygens (including phenoxy) is 1. The molecule has 164 valence electrons. The number of rotatable bonds is 9. The molecule has 0 spiro atoms. The summed E-state index contributed by atoms with van der Waals surface area (Å²) < 4.78 is 8.12. The summed E-state index contributed by atoms with van der Waals surface area (Å²) in [5.41, 5.74) is 1.21. The number of benzene rings is 1. The normalized spacial score (nSPS) is 13.0. The number of carbonyl (C=O) groups is 2. The zero-order valence-corrected chi connectivity index (χ0v) is 17.9. The van der Waals surface area contributed by atoms with E-state index in [2.05, 4.69) is 15.4 Å². The lowest BCUT2D eigenvalue weighted by atomic mass is 10.0. The number of esters is 1. The number of fused-ring (bicyclic) bond motifs is 1. The lowest BCUT2D eigenvalue weighted by Crippen LogP contribution is -2.38. The van der Waals surface area contributed by atoms with Gasteiger partial charge in [0, 0.05) is 13.6 Å². The molecule has 1 aromatic carbocycles. The Morgan fingerprint density at radius 2 is 1.97 bits per heavy atom. The van der Waals surface area contributed by atoms with Crippen molar-refractivity contribution in [2.24, 2.45) is 7.05 Å². The van der Waals surface area contributed by atoms with Gasteiger partial charge in [0.2, 0.25) is 0 Å². The first-order chi connectivity index (χ1) is 14.9. The molecular weight excluding hydrogens is 398 g/mol. The number of aryl methyl sites for hydroxylation is 2. The van der Waals surface area contributed by atoms with Gasteiger partial charge in [0.15, 0.2) is 11.8 Å². The van der Waals surface area contributed by atoms with Gasteiger partial charge < -0.3 is 10.1 Å². The molecule has 0 aliphatic heterocycles. The van der Waals surface area contributed by atoms with Gasteiger partial charge >= 0.3 is 5.97 Å². The van der Waals surface area contributed by atoms with Crippen LogP contribution in [0.1, 0.15) is 44.7 Å². The van der Waals surface area contributed by atoms with Crippen LogP contribution in [0.2, 0.25) is 0 Å². The fourth-order valence-electron chi connectivity index (χ4n) is 3.33. The van der Waals surface area contributed by atoms with Crippen LogP contribution in [-0.4, -0.2) is 37.3 Å². The molecule has 2 unspecified atom stereocenters. The second-order valence-electron chi connectivity index (χ2n) is 7.39. The number of hydrogen-bond acceptors (Lipinski definition) is 6. The predicted molar refractivity (Wildman–Crippen MR) is 115 cm³/mol. The summed E-state index contributed by atoms with van der Waals surface area (Å²) in [5.74, 6) is -0.918. The van der Waals surface area contributed by atoms with E-state index in [-0.39, 0.29) is 30.5 Å². The van der Waals surface area contributed by atoms with Crippen LogP contribution in [-0.2, 0) is 27.9 Å². The van der Waals surface area contributed by atoms with Gasteiger partial charge in [0.05, 0.1) is 25.0 Å². The van der Waals surface area contributed by atoms with E-state index in [0.717, 1.165) is 18.4 Å². The highest BCUT2D eigenvalue weighted by Gasteiger charge is 2.21. The lowest BCUT2D eigenvalue weighted by Gasteiger charge is -2.21. The van der Waals surface area contributed by atoms with Crippen molar-refractivity contribution in [1.29, 1.82) is 0 Å². The number of aromatic nitrogens is 4. The van der Waals surface area contributed by atoms with Crippen molar-refractivity contribution in [2.45, 2.75) is 51.8 Å². The zero-order chi connectivity index (χ0) is 22.4. The molecule has 0 fully saturated rings. The molecule has 0 aliphatic rings. The van der Waals surface area contributed by atoms with Gasteiger partial charge in [0.1, 0.15) is 5.39 Å². The molecule has 2 heterocycles. The summed E-state index contributed by atoms with van der Waals surface area (Å²) >= 11 is 0. The molecule has 0 saturated heterocycles. The highest BCUT2D eigenvalue weighted by molar-refractivity contribution is 5.83. The minimum Gasteiger partial charge on any atom is -0.452 e. The van der Waals surface area contributed by atoms with Crippen molar-refractivity contribution < 1.29 is 14.3 Å². The van der Waals surface area contributed by atoms with E-state index in [9.17, 15) is 14.4 Å². The van der Waals surface area contributed by atoms with E-state index >= 15 is 0 Å². The van der Waals surface area contributed by atoms with Crippen molar-refractivity contribution in [3.05, 3.63) is 58.8 Å². The quantitative estimate of drug-likeness (QED) is 0.526. The SMILES string of the molecule is CCCC(NC(=O)C(C)OC(=O)CCn1cnc2c(cnn2C)c1=O)c1ccccc1. The largest absolute Gasteiger partial charge is 0.452 e. The number of nitrogens with one attached hydrogen (secondary N) is 1. The van der Waals surface area contributed by atoms with Crippen LogP contribution in [0.5, 0.6) is 0 Å². The smallest absolute Gasteiger partial charge is 0.308 e. The summed E-state index contributed by atoms with van der Waals surface area (Å²) in [6.07, 6.45) is 3.52. The lowest BCUT2D eigenvalue weighted by molar-refractivity contribution is -0.155. The van der Waals surface area contributed by atoms with Gasteiger partial charge in [-0.1, -0.05) is 43.7 Å². The van der Waals surface area contributed by atoms with Gasteiger partial charge in [-0.25, -0.2) is 4.98 Å². The first kappa shape index (κ1) is 22.2. The van der Waals surface area contributed by atoms with Gasteiger partial charge in [0.25, 0.3) is 11.5 Å². The summed E-state index contributed by atoms with van der Waals surface area (Å²) in [6.45, 7) is 3.69. The van der Waals surface area contributed by atoms with Crippen molar-refractivity contribution in [3.63, 3.8) is 0 Å². The predicted octanol–water partition coefficient (Wildman–Crippen LogP) is 2.11. The molecule has 9 heteroatoms. The van der Waals surface area contributed by atoms with Crippen LogP contribution in [0.4, 0.5) is 0 Å². The zero-order valence-electron chi connectivity index (χ0n) is 17.9. The van der Waals surface area contributed by atoms with Gasteiger partial charge in [-0.15, -0.1) is 0 Å². The third kappa shape index (κ3) is 5.36. The Hall–Kier alpha value is -3.49. The molecule has 0 aliphatic carbocycles. The topological polar surface area (TPSA) is 108 Å². The van der Waals surface area contributed by atoms with E-state index in [1.165, 1.54) is 28.7 Å². The molecule has 31 heavy (non-hydrogen) atoms. The minimum absolute atomic E-state index is 0.0535. The Morgan fingerprint density at radius 3 is 2.68 bits per heavy atom. The Kier molecular flexibility index (Phi) is 7.17. The van der Waals surface area contributed by atoms with Gasteiger partial charge in [-0.05, 0) is 18.9 Å². The molecule has 2 aromatic heterocycles. The Morgan fingerprint density at radius 1 is 1.23 bits per heavy atom. The number of amides is 1. The molecule has 3 aromatic rings. The fraction of sp³-hybridized carbons (Fsp3) is 0.409. The van der Waals surface area contributed by atoms with Crippen LogP contribution >= 0.6 is 0 Å². The maximum Gasteiger partial charge on any atom is 0.308 e. The third-order valence-corrected chi connectivity index (χ3v) is 5.05. The van der Waals surface area contributed by atoms with E-state index in [0.29, 0.717) is 11.0 Å². The Bertz CT molecular complexity index is 1110. The monoisotopic (exact) mass is 425 g/mol. The summed E-state index contributed by atoms with van der Waals surface area (Å²) in [4.78, 5) is 41.4. The average molecular weight is 425 g/mol. The summed E-state index contributed by atoms with van der Waals surface area (Å²) in [6, 6.07) is 9.55. The first-order valence-corrected chi connectivity index (χ1v) is 10.3. The first-order valence-electron chi connectivity index (χ1n) is 10.3. The Balaban J connectivity index is 1.55. The highest BCUT2D eigenvalue weighted by atomic mass is 16.5. The van der Waals surface area contributed by atoms with Crippen molar-refractivity contribution in [2.75, 3.05) is 0 Å². The molecule has 0 radical (unpaired) electrons. The van der Waals surface area contributed by atoms with Gasteiger partial charge in [-0.3, -0.25) is 23.6 Å². The second-order valence-corrected chi connectivity index (χ2v) is 7.39. The average Bonchev–Trinajstić information content (AvgIpc) is 3.15. The minimum atomic E-state index is -0.939. The number of nitrogens with zero attached hydrogens (tertiary/aromatic N) is 4. The number of carbonyl (C=O) groups excluding carboxylic acids is 2. The third-order valence-electron chi connectivity index (χ3n) is 5.05. The van der Waals surface area contributed by atoms with Crippen molar-refractivity contribution in [3.8, 4) is 0 Å².